The number of carbonyl (C=O) groups excluding carboxylic acids is 1. The molecule has 1 aromatic carbocycles. The highest BCUT2D eigenvalue weighted by Crippen LogP contribution is 2.29. The Bertz CT molecular complexity index is 457. The second-order valence-corrected chi connectivity index (χ2v) is 6.13. The minimum absolute atomic E-state index is 0.0278. The average Bonchev–Trinajstić information content (AvgIpc) is 2.98. The molecule has 1 fully saturated rings. The zero-order chi connectivity index (χ0) is 14.4. The van der Waals surface area contributed by atoms with Gasteiger partial charge in [0.2, 0.25) is 5.91 Å². The van der Waals surface area contributed by atoms with Crippen molar-refractivity contribution >= 4 is 29.3 Å². The predicted molar refractivity (Wildman–Crippen MR) is 81.1 cm³/mol. The van der Waals surface area contributed by atoms with Gasteiger partial charge in [0, 0.05) is 18.7 Å². The Kier molecular flexibility index (Phi) is 5.47. The molecule has 1 aliphatic heterocycles. The van der Waals surface area contributed by atoms with Crippen LogP contribution in [0.3, 0.4) is 0 Å². The van der Waals surface area contributed by atoms with Crippen LogP contribution in [0.1, 0.15) is 25.7 Å². The maximum atomic E-state index is 12.6. The van der Waals surface area contributed by atoms with E-state index in [1.165, 1.54) is 0 Å². The zero-order valence-electron chi connectivity index (χ0n) is 11.3. The zero-order valence-corrected chi connectivity index (χ0v) is 12.1. The number of benzene rings is 1. The summed E-state index contributed by atoms with van der Waals surface area (Å²) in [5.74, 6) is 0.332. The van der Waals surface area contributed by atoms with Crippen LogP contribution in [0, 0.1) is 0 Å². The first-order valence-electron chi connectivity index (χ1n) is 6.88. The van der Waals surface area contributed by atoms with Gasteiger partial charge in [0.25, 0.3) is 0 Å². The van der Waals surface area contributed by atoms with E-state index in [9.17, 15) is 9.59 Å². The summed E-state index contributed by atoms with van der Waals surface area (Å²) in [6, 6.07) is 9.51. The second kappa shape index (κ2) is 7.33. The van der Waals surface area contributed by atoms with Gasteiger partial charge in [-0.25, -0.2) is 0 Å². The Morgan fingerprint density at radius 3 is 2.65 bits per heavy atom. The smallest absolute Gasteiger partial charge is 0.303 e. The number of hydrogen-bond donors (Lipinski definition) is 1. The molecule has 0 radical (unpaired) electrons. The molecule has 0 saturated carbocycles. The number of rotatable bonds is 6. The van der Waals surface area contributed by atoms with Crippen molar-refractivity contribution in [3.05, 3.63) is 30.3 Å². The van der Waals surface area contributed by atoms with Gasteiger partial charge in [0.1, 0.15) is 0 Å². The molecule has 1 saturated heterocycles. The lowest BCUT2D eigenvalue weighted by Gasteiger charge is -2.25. The predicted octanol–water partition coefficient (Wildman–Crippen LogP) is 2.78. The van der Waals surface area contributed by atoms with Gasteiger partial charge in [-0.2, -0.15) is 0 Å². The Morgan fingerprint density at radius 2 is 2.05 bits per heavy atom. The fraction of sp³-hybridized carbons (Fsp3) is 0.467. The van der Waals surface area contributed by atoms with Crippen LogP contribution >= 0.6 is 11.8 Å². The van der Waals surface area contributed by atoms with E-state index in [1.54, 1.807) is 16.7 Å². The molecule has 1 unspecified atom stereocenters. The normalized spacial score (nSPS) is 17.9. The van der Waals surface area contributed by atoms with Crippen LogP contribution in [0.15, 0.2) is 30.3 Å². The van der Waals surface area contributed by atoms with Gasteiger partial charge in [-0.05, 0) is 37.1 Å². The summed E-state index contributed by atoms with van der Waals surface area (Å²) >= 11 is 1.71. The molecule has 4 nitrogen and oxygen atoms in total. The van der Waals surface area contributed by atoms with Gasteiger partial charge in [0.05, 0.1) is 5.25 Å². The molecule has 1 atom stereocenters. The third kappa shape index (κ3) is 4.00. The number of nitrogens with zero attached hydrogens (tertiary/aromatic N) is 1. The molecule has 1 aliphatic rings. The summed E-state index contributed by atoms with van der Waals surface area (Å²) in [4.78, 5) is 25.0. The standard InChI is InChI=1S/C15H19NO3S/c17-14(18)9-4-10-16(12-6-2-1-3-7-12)15(19)13-8-5-11-20-13/h1-3,6-7,13H,4-5,8-11H2,(H,17,18). The van der Waals surface area contributed by atoms with Crippen LogP contribution in [0.4, 0.5) is 5.69 Å². The molecule has 0 spiro atoms. The molecular weight excluding hydrogens is 274 g/mol. The number of hydrogen-bond acceptors (Lipinski definition) is 3. The van der Waals surface area contributed by atoms with Crippen molar-refractivity contribution in [1.29, 1.82) is 0 Å². The van der Waals surface area contributed by atoms with E-state index in [0.29, 0.717) is 13.0 Å². The molecule has 2 rings (SSSR count). The molecule has 1 aromatic rings. The third-order valence-corrected chi connectivity index (χ3v) is 4.68. The number of para-hydroxylation sites is 1. The van der Waals surface area contributed by atoms with Crippen LogP contribution in [0.25, 0.3) is 0 Å². The van der Waals surface area contributed by atoms with Gasteiger partial charge in [0.15, 0.2) is 0 Å². The third-order valence-electron chi connectivity index (χ3n) is 3.31. The van der Waals surface area contributed by atoms with E-state index in [4.69, 9.17) is 5.11 Å². The van der Waals surface area contributed by atoms with Crippen molar-refractivity contribution in [2.75, 3.05) is 17.2 Å². The average molecular weight is 293 g/mol. The van der Waals surface area contributed by atoms with Gasteiger partial charge in [-0.3, -0.25) is 9.59 Å². The molecule has 1 amide bonds. The largest absolute Gasteiger partial charge is 0.481 e. The summed E-state index contributed by atoms with van der Waals surface area (Å²) in [5.41, 5.74) is 0.857. The SMILES string of the molecule is O=C(O)CCCN(C(=O)C1CCCS1)c1ccccc1. The van der Waals surface area contributed by atoms with Crippen molar-refractivity contribution in [2.24, 2.45) is 0 Å². The first-order chi connectivity index (χ1) is 9.68. The van der Waals surface area contributed by atoms with Crippen molar-refractivity contribution in [3.8, 4) is 0 Å². The Labute approximate surface area is 123 Å². The van der Waals surface area contributed by atoms with Gasteiger partial charge < -0.3 is 10.0 Å². The molecule has 1 N–H and O–H groups in total. The highest BCUT2D eigenvalue weighted by Gasteiger charge is 2.28. The van der Waals surface area contributed by atoms with E-state index in [1.807, 2.05) is 30.3 Å². The fourth-order valence-electron chi connectivity index (χ4n) is 2.31. The monoisotopic (exact) mass is 293 g/mol. The number of carboxylic acids is 1. The van der Waals surface area contributed by atoms with Crippen LogP contribution < -0.4 is 4.90 Å². The minimum Gasteiger partial charge on any atom is -0.481 e. The van der Waals surface area contributed by atoms with Gasteiger partial charge in [-0.1, -0.05) is 18.2 Å². The first kappa shape index (κ1) is 14.9. The van der Waals surface area contributed by atoms with Crippen molar-refractivity contribution in [2.45, 2.75) is 30.9 Å². The van der Waals surface area contributed by atoms with Crippen molar-refractivity contribution in [3.63, 3.8) is 0 Å². The maximum absolute atomic E-state index is 12.6. The number of carbonyl (C=O) groups is 2. The van der Waals surface area contributed by atoms with E-state index < -0.39 is 5.97 Å². The summed E-state index contributed by atoms with van der Waals surface area (Å²) in [6.45, 7) is 0.464. The summed E-state index contributed by atoms with van der Waals surface area (Å²) in [5, 5.41) is 8.77. The van der Waals surface area contributed by atoms with E-state index in [2.05, 4.69) is 0 Å². The number of anilines is 1. The summed E-state index contributed by atoms with van der Waals surface area (Å²) < 4.78 is 0. The quantitative estimate of drug-likeness (QED) is 0.876. The number of carboxylic acid groups (broad SMARTS) is 1. The lowest BCUT2D eigenvalue weighted by molar-refractivity contribution is -0.137. The highest BCUT2D eigenvalue weighted by molar-refractivity contribution is 8.00. The summed E-state index contributed by atoms with van der Waals surface area (Å²) in [7, 11) is 0. The van der Waals surface area contributed by atoms with Crippen molar-refractivity contribution < 1.29 is 14.7 Å². The molecule has 0 aromatic heterocycles. The second-order valence-electron chi connectivity index (χ2n) is 4.82. The number of thioether (sulfide) groups is 1. The Hall–Kier alpha value is -1.49. The molecule has 0 aliphatic carbocycles. The Morgan fingerprint density at radius 1 is 1.30 bits per heavy atom. The van der Waals surface area contributed by atoms with Crippen LogP contribution in [0.5, 0.6) is 0 Å². The number of amides is 1. The fourth-order valence-corrected chi connectivity index (χ4v) is 3.53. The minimum atomic E-state index is -0.819. The van der Waals surface area contributed by atoms with Crippen molar-refractivity contribution in [1.82, 2.24) is 0 Å². The highest BCUT2D eigenvalue weighted by atomic mass is 32.2. The number of aliphatic carboxylic acids is 1. The van der Waals surface area contributed by atoms with Crippen LogP contribution in [-0.2, 0) is 9.59 Å². The van der Waals surface area contributed by atoms with Gasteiger partial charge >= 0.3 is 5.97 Å². The Balaban J connectivity index is 2.06. The van der Waals surface area contributed by atoms with E-state index in [0.717, 1.165) is 24.3 Å². The molecule has 5 heteroatoms. The van der Waals surface area contributed by atoms with E-state index in [-0.39, 0.29) is 17.6 Å². The van der Waals surface area contributed by atoms with Gasteiger partial charge in [-0.15, -0.1) is 11.8 Å². The topological polar surface area (TPSA) is 57.6 Å². The van der Waals surface area contributed by atoms with E-state index >= 15 is 0 Å². The summed E-state index contributed by atoms with van der Waals surface area (Å²) in [6.07, 6.45) is 2.58. The lowest BCUT2D eigenvalue weighted by atomic mass is 10.2. The van der Waals surface area contributed by atoms with Crippen LogP contribution in [0.2, 0.25) is 0 Å². The van der Waals surface area contributed by atoms with Crippen LogP contribution in [-0.4, -0.2) is 34.5 Å². The molecule has 0 bridgehead atoms. The maximum Gasteiger partial charge on any atom is 0.303 e. The lowest BCUT2D eigenvalue weighted by Crippen LogP contribution is -2.37. The molecule has 108 valence electrons. The molecule has 20 heavy (non-hydrogen) atoms. The molecule has 1 heterocycles. The first-order valence-corrected chi connectivity index (χ1v) is 7.93. The molecular formula is C15H19NO3S.